The Balaban J connectivity index is 1.72. The summed E-state index contributed by atoms with van der Waals surface area (Å²) < 4.78 is 0. The number of amides is 1. The second-order valence-electron chi connectivity index (χ2n) is 4.48. The number of hydrogen-bond donors (Lipinski definition) is 3. The first-order chi connectivity index (χ1) is 6.74. The average molecular weight is 197 g/mol. The molecule has 1 saturated heterocycles. The molecule has 4 nitrogen and oxygen atoms in total. The molecule has 2 fully saturated rings. The van der Waals surface area contributed by atoms with Gasteiger partial charge in [0.05, 0.1) is 0 Å². The minimum Gasteiger partial charge on any atom is -0.354 e. The molecule has 0 bridgehead atoms. The summed E-state index contributed by atoms with van der Waals surface area (Å²) in [6.45, 7) is 0.793. The molecule has 4 heteroatoms. The summed E-state index contributed by atoms with van der Waals surface area (Å²) in [5, 5.41) is 6.37. The topological polar surface area (TPSA) is 67.2 Å². The van der Waals surface area contributed by atoms with Crippen molar-refractivity contribution in [2.75, 3.05) is 6.54 Å². The molecule has 1 amide bonds. The molecule has 4 N–H and O–H groups in total. The Labute approximate surface area is 84.6 Å². The van der Waals surface area contributed by atoms with Crippen LogP contribution in [0.2, 0.25) is 0 Å². The molecular formula is C10H19N3O. The van der Waals surface area contributed by atoms with Crippen LogP contribution in [0.25, 0.3) is 0 Å². The third-order valence-corrected chi connectivity index (χ3v) is 3.22. The van der Waals surface area contributed by atoms with Crippen LogP contribution in [0.3, 0.4) is 0 Å². The quantitative estimate of drug-likeness (QED) is 0.571. The first-order valence-corrected chi connectivity index (χ1v) is 5.52. The monoisotopic (exact) mass is 197 g/mol. The molecule has 0 aromatic rings. The second-order valence-corrected chi connectivity index (χ2v) is 4.48. The third kappa shape index (κ3) is 2.45. The molecule has 0 aromatic heterocycles. The smallest absolute Gasteiger partial charge is 0.221 e. The van der Waals surface area contributed by atoms with Gasteiger partial charge < -0.3 is 16.4 Å². The Morgan fingerprint density at radius 2 is 1.93 bits per heavy atom. The number of carbonyl (C=O) groups is 1. The van der Waals surface area contributed by atoms with E-state index in [1.54, 1.807) is 0 Å². The van der Waals surface area contributed by atoms with E-state index in [1.165, 1.54) is 0 Å². The molecule has 2 aliphatic rings. The van der Waals surface area contributed by atoms with Gasteiger partial charge in [0.15, 0.2) is 0 Å². The van der Waals surface area contributed by atoms with Crippen molar-refractivity contribution in [2.45, 2.75) is 50.2 Å². The van der Waals surface area contributed by atoms with Crippen molar-refractivity contribution in [2.24, 2.45) is 5.73 Å². The molecule has 1 aliphatic heterocycles. The van der Waals surface area contributed by atoms with Crippen LogP contribution in [0.5, 0.6) is 0 Å². The summed E-state index contributed by atoms with van der Waals surface area (Å²) in [4.78, 5) is 11.0. The van der Waals surface area contributed by atoms with Gasteiger partial charge in [0.25, 0.3) is 0 Å². The molecule has 1 heterocycles. The maximum atomic E-state index is 11.0. The number of nitrogens with two attached hydrogens (primary N) is 1. The zero-order valence-corrected chi connectivity index (χ0v) is 8.46. The number of hydrogen-bond acceptors (Lipinski definition) is 3. The third-order valence-electron chi connectivity index (χ3n) is 3.22. The largest absolute Gasteiger partial charge is 0.354 e. The predicted octanol–water partition coefficient (Wildman–Crippen LogP) is -0.266. The number of carbonyl (C=O) groups excluding carboxylic acids is 1. The summed E-state index contributed by atoms with van der Waals surface area (Å²) in [7, 11) is 0. The van der Waals surface area contributed by atoms with E-state index in [9.17, 15) is 4.79 Å². The van der Waals surface area contributed by atoms with E-state index in [1.807, 2.05) is 0 Å². The summed E-state index contributed by atoms with van der Waals surface area (Å²) in [5.41, 5.74) is 5.83. The molecule has 0 spiro atoms. The summed E-state index contributed by atoms with van der Waals surface area (Å²) in [6.07, 6.45) is 5.19. The van der Waals surface area contributed by atoms with E-state index < -0.39 is 0 Å². The molecule has 1 atom stereocenters. The fraction of sp³-hybridized carbons (Fsp3) is 0.900. The van der Waals surface area contributed by atoms with Gasteiger partial charge in [0.2, 0.25) is 5.91 Å². The lowest BCUT2D eigenvalue weighted by atomic mass is 9.91. The highest BCUT2D eigenvalue weighted by Gasteiger charge is 2.25. The Morgan fingerprint density at radius 1 is 1.21 bits per heavy atom. The van der Waals surface area contributed by atoms with Crippen LogP contribution in [0, 0.1) is 0 Å². The van der Waals surface area contributed by atoms with Gasteiger partial charge in [-0.05, 0) is 25.7 Å². The van der Waals surface area contributed by atoms with Crippen LogP contribution in [0.15, 0.2) is 0 Å². The van der Waals surface area contributed by atoms with Gasteiger partial charge in [-0.3, -0.25) is 4.79 Å². The summed E-state index contributed by atoms with van der Waals surface area (Å²) >= 11 is 0. The molecule has 1 aliphatic carbocycles. The van der Waals surface area contributed by atoms with E-state index in [0.29, 0.717) is 24.5 Å². The Hall–Kier alpha value is -0.610. The SMILES string of the molecule is NC1CCC(NC2CNC(=O)C2)CC1. The normalized spacial score (nSPS) is 38.4. The highest BCUT2D eigenvalue weighted by atomic mass is 16.1. The molecule has 14 heavy (non-hydrogen) atoms. The van der Waals surface area contributed by atoms with Gasteiger partial charge in [0, 0.05) is 31.1 Å². The highest BCUT2D eigenvalue weighted by molar-refractivity contribution is 5.78. The first kappa shape index (κ1) is 9.93. The van der Waals surface area contributed by atoms with Gasteiger partial charge in [-0.2, -0.15) is 0 Å². The Bertz CT molecular complexity index is 211. The van der Waals surface area contributed by atoms with Crippen molar-refractivity contribution in [1.29, 1.82) is 0 Å². The zero-order valence-electron chi connectivity index (χ0n) is 8.46. The molecule has 2 rings (SSSR count). The van der Waals surface area contributed by atoms with Crippen LogP contribution in [-0.2, 0) is 4.79 Å². The van der Waals surface area contributed by atoms with Crippen LogP contribution in [0.4, 0.5) is 0 Å². The fourth-order valence-corrected chi connectivity index (χ4v) is 2.34. The minimum absolute atomic E-state index is 0.176. The molecule has 1 saturated carbocycles. The van der Waals surface area contributed by atoms with Crippen LogP contribution in [0.1, 0.15) is 32.1 Å². The lowest BCUT2D eigenvalue weighted by Gasteiger charge is -2.28. The van der Waals surface area contributed by atoms with Crippen molar-refractivity contribution >= 4 is 5.91 Å². The molecular weight excluding hydrogens is 178 g/mol. The first-order valence-electron chi connectivity index (χ1n) is 5.52. The van der Waals surface area contributed by atoms with E-state index in [4.69, 9.17) is 5.73 Å². The minimum atomic E-state index is 0.176. The van der Waals surface area contributed by atoms with Crippen molar-refractivity contribution in [3.8, 4) is 0 Å². The Kier molecular flexibility index (Phi) is 3.03. The van der Waals surface area contributed by atoms with Crippen molar-refractivity contribution < 1.29 is 4.79 Å². The fourth-order valence-electron chi connectivity index (χ4n) is 2.34. The second kappa shape index (κ2) is 4.28. The molecule has 80 valence electrons. The maximum absolute atomic E-state index is 11.0. The van der Waals surface area contributed by atoms with E-state index in [0.717, 1.165) is 32.2 Å². The average Bonchev–Trinajstić information content (AvgIpc) is 2.56. The highest BCUT2D eigenvalue weighted by Crippen LogP contribution is 2.18. The van der Waals surface area contributed by atoms with Crippen molar-refractivity contribution in [3.63, 3.8) is 0 Å². The van der Waals surface area contributed by atoms with Crippen LogP contribution >= 0.6 is 0 Å². The molecule has 0 radical (unpaired) electrons. The number of nitrogens with one attached hydrogen (secondary N) is 2. The van der Waals surface area contributed by atoms with E-state index in [2.05, 4.69) is 10.6 Å². The van der Waals surface area contributed by atoms with Crippen molar-refractivity contribution in [1.82, 2.24) is 10.6 Å². The maximum Gasteiger partial charge on any atom is 0.221 e. The van der Waals surface area contributed by atoms with Gasteiger partial charge in [0.1, 0.15) is 0 Å². The van der Waals surface area contributed by atoms with Gasteiger partial charge >= 0.3 is 0 Å². The van der Waals surface area contributed by atoms with E-state index >= 15 is 0 Å². The predicted molar refractivity (Wildman–Crippen MR) is 54.8 cm³/mol. The summed E-state index contributed by atoms with van der Waals surface area (Å²) in [5.74, 6) is 0.176. The zero-order chi connectivity index (χ0) is 9.97. The molecule has 1 unspecified atom stereocenters. The standard InChI is InChI=1S/C10H19N3O/c11-7-1-3-8(4-2-7)13-9-5-10(14)12-6-9/h7-9,13H,1-6,11H2,(H,12,14). The number of rotatable bonds is 2. The van der Waals surface area contributed by atoms with Gasteiger partial charge in [-0.15, -0.1) is 0 Å². The van der Waals surface area contributed by atoms with E-state index in [-0.39, 0.29) is 5.91 Å². The van der Waals surface area contributed by atoms with Crippen LogP contribution in [-0.4, -0.2) is 30.6 Å². The lowest BCUT2D eigenvalue weighted by molar-refractivity contribution is -0.119. The lowest BCUT2D eigenvalue weighted by Crippen LogP contribution is -2.43. The van der Waals surface area contributed by atoms with Crippen molar-refractivity contribution in [3.05, 3.63) is 0 Å². The summed E-state index contributed by atoms with van der Waals surface area (Å²) in [6, 6.07) is 1.32. The van der Waals surface area contributed by atoms with Gasteiger partial charge in [-0.1, -0.05) is 0 Å². The molecule has 0 aromatic carbocycles. The van der Waals surface area contributed by atoms with Gasteiger partial charge in [-0.25, -0.2) is 0 Å². The Morgan fingerprint density at radius 3 is 2.50 bits per heavy atom. The van der Waals surface area contributed by atoms with Crippen LogP contribution < -0.4 is 16.4 Å².